The molecule has 0 aliphatic carbocycles. The second-order valence-corrected chi connectivity index (χ2v) is 4.25. The van der Waals surface area contributed by atoms with Crippen LogP contribution in [0.2, 0.25) is 0 Å². The topological polar surface area (TPSA) is 91.2 Å². The Labute approximate surface area is 108 Å². The van der Waals surface area contributed by atoms with Crippen LogP contribution < -0.4 is 10.5 Å². The van der Waals surface area contributed by atoms with Crippen molar-refractivity contribution in [3.63, 3.8) is 0 Å². The molecule has 1 aromatic carbocycles. The Morgan fingerprint density at radius 2 is 2.11 bits per heavy atom. The lowest BCUT2D eigenvalue weighted by Crippen LogP contribution is -2.12. The highest BCUT2D eigenvalue weighted by atomic mass is 32.2. The molecule has 0 radical (unpaired) electrons. The van der Waals surface area contributed by atoms with Gasteiger partial charge in [0.2, 0.25) is 5.91 Å². The Kier molecular flexibility index (Phi) is 4.19. The average molecular weight is 265 g/mol. The highest BCUT2D eigenvalue weighted by molar-refractivity contribution is 7.99. The lowest BCUT2D eigenvalue weighted by molar-refractivity contribution is -0.115. The van der Waals surface area contributed by atoms with E-state index in [4.69, 9.17) is 14.9 Å². The number of primary amides is 1. The number of nitrogens with zero attached hydrogens (tertiary/aromatic N) is 2. The number of carbonyl (C=O) groups excluding carboxylic acids is 1. The number of rotatable bonds is 6. The summed E-state index contributed by atoms with van der Waals surface area (Å²) in [5.74, 6) is 0.759. The number of carbonyl (C=O) groups is 1. The van der Waals surface area contributed by atoms with Gasteiger partial charge in [-0.2, -0.15) is 0 Å². The first-order valence-electron chi connectivity index (χ1n) is 5.15. The molecule has 0 bridgehead atoms. The van der Waals surface area contributed by atoms with Gasteiger partial charge in [0, 0.05) is 0 Å². The SMILES string of the molecule is NC(=O)CSc1nnc(COc2ccccc2)o1. The first-order valence-corrected chi connectivity index (χ1v) is 6.14. The first kappa shape index (κ1) is 12.4. The Bertz CT molecular complexity index is 515. The van der Waals surface area contributed by atoms with Crippen molar-refractivity contribution in [3.05, 3.63) is 36.2 Å². The first-order chi connectivity index (χ1) is 8.74. The van der Waals surface area contributed by atoms with E-state index in [1.165, 1.54) is 0 Å². The van der Waals surface area contributed by atoms with Crippen molar-refractivity contribution >= 4 is 17.7 Å². The minimum Gasteiger partial charge on any atom is -0.484 e. The van der Waals surface area contributed by atoms with Crippen LogP contribution in [0.25, 0.3) is 0 Å². The van der Waals surface area contributed by atoms with Gasteiger partial charge in [-0.3, -0.25) is 4.79 Å². The lowest BCUT2D eigenvalue weighted by Gasteiger charge is -2.01. The van der Waals surface area contributed by atoms with Crippen molar-refractivity contribution in [2.45, 2.75) is 11.8 Å². The summed E-state index contributed by atoms with van der Waals surface area (Å²) in [6, 6.07) is 9.31. The smallest absolute Gasteiger partial charge is 0.277 e. The minimum absolute atomic E-state index is 0.112. The number of aromatic nitrogens is 2. The van der Waals surface area contributed by atoms with Gasteiger partial charge in [0.25, 0.3) is 11.1 Å². The van der Waals surface area contributed by atoms with Crippen molar-refractivity contribution in [2.24, 2.45) is 5.73 Å². The number of amides is 1. The molecule has 1 amide bonds. The fourth-order valence-electron chi connectivity index (χ4n) is 1.15. The van der Waals surface area contributed by atoms with Crippen LogP contribution in [0.3, 0.4) is 0 Å². The molecule has 1 heterocycles. The Hall–Kier alpha value is -2.02. The molecule has 0 atom stereocenters. The fraction of sp³-hybridized carbons (Fsp3) is 0.182. The minimum atomic E-state index is -0.430. The number of ether oxygens (including phenoxy) is 1. The zero-order valence-corrected chi connectivity index (χ0v) is 10.2. The number of hydrogen-bond donors (Lipinski definition) is 1. The summed E-state index contributed by atoms with van der Waals surface area (Å²) in [5, 5.41) is 7.86. The molecular formula is C11H11N3O3S. The maximum absolute atomic E-state index is 10.6. The second-order valence-electron chi connectivity index (χ2n) is 3.32. The number of para-hydroxylation sites is 1. The van der Waals surface area contributed by atoms with Gasteiger partial charge in [0.1, 0.15) is 5.75 Å². The highest BCUT2D eigenvalue weighted by Gasteiger charge is 2.08. The molecule has 0 aliphatic rings. The predicted octanol–water partition coefficient (Wildman–Crippen LogP) is 1.23. The molecule has 0 aliphatic heterocycles. The van der Waals surface area contributed by atoms with Gasteiger partial charge in [0.05, 0.1) is 5.75 Å². The van der Waals surface area contributed by atoms with Gasteiger partial charge in [-0.05, 0) is 12.1 Å². The molecule has 2 aromatic rings. The average Bonchev–Trinajstić information content (AvgIpc) is 2.83. The van der Waals surface area contributed by atoms with E-state index in [-0.39, 0.29) is 12.4 Å². The summed E-state index contributed by atoms with van der Waals surface area (Å²) in [4.78, 5) is 10.6. The van der Waals surface area contributed by atoms with Crippen molar-refractivity contribution in [3.8, 4) is 5.75 Å². The van der Waals surface area contributed by atoms with Gasteiger partial charge < -0.3 is 14.9 Å². The predicted molar refractivity (Wildman–Crippen MR) is 65.0 cm³/mol. The van der Waals surface area contributed by atoms with E-state index in [0.29, 0.717) is 11.1 Å². The zero-order valence-electron chi connectivity index (χ0n) is 9.41. The maximum Gasteiger partial charge on any atom is 0.277 e. The quantitative estimate of drug-likeness (QED) is 0.790. The zero-order chi connectivity index (χ0) is 12.8. The Balaban J connectivity index is 1.85. The molecule has 94 valence electrons. The third-order valence-corrected chi connectivity index (χ3v) is 2.73. The van der Waals surface area contributed by atoms with Crippen molar-refractivity contribution in [1.29, 1.82) is 0 Å². The maximum atomic E-state index is 10.6. The van der Waals surface area contributed by atoms with Gasteiger partial charge in [-0.1, -0.05) is 30.0 Å². The van der Waals surface area contributed by atoms with Crippen LogP contribution in [-0.4, -0.2) is 21.9 Å². The standard InChI is InChI=1S/C11H11N3O3S/c12-9(15)7-18-11-14-13-10(17-11)6-16-8-4-2-1-3-5-8/h1-5H,6-7H2,(H2,12,15). The molecule has 1 aromatic heterocycles. The van der Waals surface area contributed by atoms with Crippen LogP contribution in [0.15, 0.2) is 40.0 Å². The molecular weight excluding hydrogens is 254 g/mol. The van der Waals surface area contributed by atoms with Crippen LogP contribution in [0, 0.1) is 0 Å². The second kappa shape index (κ2) is 6.06. The van der Waals surface area contributed by atoms with E-state index in [1.807, 2.05) is 30.3 Å². The van der Waals surface area contributed by atoms with Crippen LogP contribution >= 0.6 is 11.8 Å². The number of nitrogens with two attached hydrogens (primary N) is 1. The Morgan fingerprint density at radius 1 is 1.33 bits per heavy atom. The molecule has 0 spiro atoms. The molecule has 2 rings (SSSR count). The van der Waals surface area contributed by atoms with Crippen LogP contribution in [-0.2, 0) is 11.4 Å². The molecule has 18 heavy (non-hydrogen) atoms. The van der Waals surface area contributed by atoms with E-state index in [9.17, 15) is 4.79 Å². The summed E-state index contributed by atoms with van der Waals surface area (Å²) < 4.78 is 10.7. The van der Waals surface area contributed by atoms with Crippen LogP contribution in [0.4, 0.5) is 0 Å². The van der Waals surface area contributed by atoms with E-state index in [2.05, 4.69) is 10.2 Å². The molecule has 0 saturated carbocycles. The van der Waals surface area contributed by atoms with Crippen molar-refractivity contribution in [1.82, 2.24) is 10.2 Å². The molecule has 0 saturated heterocycles. The highest BCUT2D eigenvalue weighted by Crippen LogP contribution is 2.16. The summed E-state index contributed by atoms with van der Waals surface area (Å²) >= 11 is 1.10. The lowest BCUT2D eigenvalue weighted by atomic mass is 10.3. The third-order valence-electron chi connectivity index (χ3n) is 1.89. The summed E-state index contributed by atoms with van der Waals surface area (Å²) in [6.45, 7) is 0.189. The van der Waals surface area contributed by atoms with Crippen molar-refractivity contribution in [2.75, 3.05) is 5.75 Å². The molecule has 6 nitrogen and oxygen atoms in total. The van der Waals surface area contributed by atoms with E-state index in [0.717, 1.165) is 17.5 Å². The van der Waals surface area contributed by atoms with Crippen LogP contribution in [0.5, 0.6) is 5.75 Å². The fourth-order valence-corrected chi connectivity index (χ4v) is 1.67. The van der Waals surface area contributed by atoms with Gasteiger partial charge in [-0.15, -0.1) is 10.2 Å². The van der Waals surface area contributed by atoms with Crippen LogP contribution in [0.1, 0.15) is 5.89 Å². The normalized spacial score (nSPS) is 10.2. The summed E-state index contributed by atoms with van der Waals surface area (Å²) in [6.07, 6.45) is 0. The largest absolute Gasteiger partial charge is 0.484 e. The van der Waals surface area contributed by atoms with E-state index >= 15 is 0 Å². The van der Waals surface area contributed by atoms with Gasteiger partial charge in [-0.25, -0.2) is 0 Å². The van der Waals surface area contributed by atoms with Crippen molar-refractivity contribution < 1.29 is 13.9 Å². The van der Waals surface area contributed by atoms with E-state index < -0.39 is 5.91 Å². The Morgan fingerprint density at radius 3 is 2.83 bits per heavy atom. The molecule has 0 fully saturated rings. The summed E-state index contributed by atoms with van der Waals surface area (Å²) in [7, 11) is 0. The third kappa shape index (κ3) is 3.77. The molecule has 2 N–H and O–H groups in total. The van der Waals surface area contributed by atoms with Gasteiger partial charge >= 0.3 is 0 Å². The molecule has 0 unspecified atom stereocenters. The molecule has 7 heteroatoms. The van der Waals surface area contributed by atoms with E-state index in [1.54, 1.807) is 0 Å². The summed E-state index contributed by atoms with van der Waals surface area (Å²) in [5.41, 5.74) is 5.01. The van der Waals surface area contributed by atoms with Gasteiger partial charge in [0.15, 0.2) is 6.61 Å². The number of thioether (sulfide) groups is 1. The monoisotopic (exact) mass is 265 g/mol. The number of hydrogen-bond acceptors (Lipinski definition) is 6. The number of benzene rings is 1.